The SMILES string of the molecule is CC1CCCCC(Bc2nc(C(=O)O)cs2)CCC2BC12. The van der Waals surface area contributed by atoms with Crippen LogP contribution in [0.5, 0.6) is 0 Å². The van der Waals surface area contributed by atoms with Gasteiger partial charge in [0.05, 0.1) is 4.91 Å². The minimum Gasteiger partial charge on any atom is -0.476 e. The second kappa shape index (κ2) is 6.55. The fraction of sp³-hybridized carbons (Fsp3) is 0.733. The van der Waals surface area contributed by atoms with E-state index in [9.17, 15) is 4.79 Å². The first-order valence-corrected chi connectivity index (χ1v) is 9.19. The lowest BCUT2D eigenvalue weighted by Gasteiger charge is -2.19. The molecule has 1 saturated heterocycles. The zero-order valence-corrected chi connectivity index (χ0v) is 13.6. The number of nitrogens with zero attached hydrogens (tertiary/aromatic N) is 1. The second-order valence-electron chi connectivity index (χ2n) is 7.00. The van der Waals surface area contributed by atoms with Crippen LogP contribution in [0.15, 0.2) is 5.38 Å². The van der Waals surface area contributed by atoms with E-state index in [2.05, 4.69) is 11.9 Å². The van der Waals surface area contributed by atoms with Crippen molar-refractivity contribution in [3.8, 4) is 0 Å². The van der Waals surface area contributed by atoms with E-state index in [-0.39, 0.29) is 5.69 Å². The van der Waals surface area contributed by atoms with Gasteiger partial charge in [-0.2, -0.15) is 0 Å². The Labute approximate surface area is 132 Å². The highest BCUT2D eigenvalue weighted by Crippen LogP contribution is 2.53. The maximum Gasteiger partial charge on any atom is 0.355 e. The van der Waals surface area contributed by atoms with Crippen LogP contribution in [0.3, 0.4) is 0 Å². The highest BCUT2D eigenvalue weighted by molar-refractivity contribution is 7.19. The first kappa shape index (κ1) is 15.1. The van der Waals surface area contributed by atoms with Crippen molar-refractivity contribution in [2.45, 2.75) is 62.9 Å². The van der Waals surface area contributed by atoms with Crippen LogP contribution in [-0.4, -0.2) is 30.6 Å². The number of hydrogen-bond acceptors (Lipinski definition) is 3. The summed E-state index contributed by atoms with van der Waals surface area (Å²) < 4.78 is 0. The van der Waals surface area contributed by atoms with Gasteiger partial charge in [-0.05, 0) is 5.92 Å². The summed E-state index contributed by atoms with van der Waals surface area (Å²) in [6.45, 7) is 2.44. The molecule has 1 aromatic heterocycles. The molecule has 3 nitrogen and oxygen atoms in total. The Morgan fingerprint density at radius 3 is 2.95 bits per heavy atom. The van der Waals surface area contributed by atoms with Gasteiger partial charge in [-0.15, -0.1) is 11.3 Å². The lowest BCUT2D eigenvalue weighted by Crippen LogP contribution is -2.20. The van der Waals surface area contributed by atoms with Crippen molar-refractivity contribution in [2.75, 3.05) is 0 Å². The molecular formula is C15H23B2NO2S. The van der Waals surface area contributed by atoms with Crippen LogP contribution in [0.25, 0.3) is 0 Å². The standard InChI is InChI=1S/C15H23B2NO2S/c1-9-4-2-3-5-10(6-7-11-13(9)17-11)16-15-18-12(8-21-15)14(19)20/h8-11,13,16-17H,2-7H2,1H3,(H,19,20). The van der Waals surface area contributed by atoms with Gasteiger partial charge in [0.15, 0.2) is 13.0 Å². The number of fused-ring (bicyclic) bond motifs is 1. The highest BCUT2D eigenvalue weighted by Gasteiger charge is 2.41. The number of aromatic carboxylic acids is 1. The molecule has 2 heterocycles. The number of aromatic nitrogens is 1. The predicted octanol–water partition coefficient (Wildman–Crippen LogP) is 2.71. The molecular weight excluding hydrogens is 280 g/mol. The van der Waals surface area contributed by atoms with Gasteiger partial charge in [0.2, 0.25) is 0 Å². The largest absolute Gasteiger partial charge is 0.476 e. The Morgan fingerprint density at radius 1 is 1.38 bits per heavy atom. The van der Waals surface area contributed by atoms with Crippen LogP contribution < -0.4 is 4.91 Å². The number of thiazole rings is 1. The molecule has 2 fully saturated rings. The maximum atomic E-state index is 10.9. The molecule has 4 unspecified atom stereocenters. The van der Waals surface area contributed by atoms with Crippen LogP contribution in [0.4, 0.5) is 0 Å². The summed E-state index contributed by atoms with van der Waals surface area (Å²) in [5, 5.41) is 10.6. The Kier molecular flexibility index (Phi) is 4.72. The summed E-state index contributed by atoms with van der Waals surface area (Å²) in [5.74, 6) is 2.71. The minimum atomic E-state index is -0.904. The molecule has 112 valence electrons. The van der Waals surface area contributed by atoms with E-state index in [0.29, 0.717) is 5.82 Å². The van der Waals surface area contributed by atoms with Gasteiger partial charge in [0.25, 0.3) is 0 Å². The second-order valence-corrected chi connectivity index (χ2v) is 7.94. The topological polar surface area (TPSA) is 50.2 Å². The molecule has 1 aliphatic carbocycles. The lowest BCUT2D eigenvalue weighted by molar-refractivity contribution is 0.0691. The molecule has 1 aromatic rings. The third kappa shape index (κ3) is 3.91. The Morgan fingerprint density at radius 2 is 2.19 bits per heavy atom. The molecule has 0 spiro atoms. The van der Waals surface area contributed by atoms with Crippen molar-refractivity contribution in [2.24, 2.45) is 5.92 Å². The van der Waals surface area contributed by atoms with Crippen LogP contribution in [0, 0.1) is 5.92 Å². The van der Waals surface area contributed by atoms with Gasteiger partial charge in [-0.3, -0.25) is 0 Å². The maximum absolute atomic E-state index is 10.9. The fourth-order valence-corrected chi connectivity index (χ4v) is 4.85. The van der Waals surface area contributed by atoms with Crippen molar-refractivity contribution >= 4 is 36.8 Å². The molecule has 4 atom stereocenters. The molecule has 1 aliphatic heterocycles. The molecule has 2 aliphatic rings. The van der Waals surface area contributed by atoms with Crippen molar-refractivity contribution in [3.63, 3.8) is 0 Å². The summed E-state index contributed by atoms with van der Waals surface area (Å²) in [6.07, 6.45) is 8.04. The highest BCUT2D eigenvalue weighted by atomic mass is 32.1. The Bertz CT molecular complexity index is 508. The molecule has 3 rings (SSSR count). The van der Waals surface area contributed by atoms with Crippen LogP contribution in [0.1, 0.15) is 55.9 Å². The lowest BCUT2D eigenvalue weighted by atomic mass is 9.61. The summed E-state index contributed by atoms with van der Waals surface area (Å²) in [6, 6.07) is 0. The molecule has 6 heteroatoms. The van der Waals surface area contributed by atoms with Gasteiger partial charge < -0.3 is 5.11 Å². The van der Waals surface area contributed by atoms with Gasteiger partial charge in [-0.25, -0.2) is 9.78 Å². The monoisotopic (exact) mass is 303 g/mol. The van der Waals surface area contributed by atoms with Gasteiger partial charge >= 0.3 is 5.97 Å². The first-order valence-electron chi connectivity index (χ1n) is 8.31. The number of carboxylic acids is 1. The van der Waals surface area contributed by atoms with Crippen molar-refractivity contribution in [1.82, 2.24) is 4.98 Å². The summed E-state index contributed by atoms with van der Waals surface area (Å²) >= 11 is 1.51. The zero-order valence-electron chi connectivity index (χ0n) is 12.8. The molecule has 0 amide bonds. The van der Waals surface area contributed by atoms with E-state index in [0.717, 1.165) is 29.7 Å². The summed E-state index contributed by atoms with van der Waals surface area (Å²) in [4.78, 5) is 16.2. The summed E-state index contributed by atoms with van der Waals surface area (Å²) in [7, 11) is 2.43. The van der Waals surface area contributed by atoms with E-state index in [4.69, 9.17) is 5.11 Å². The number of hydrogen-bond donors (Lipinski definition) is 1. The van der Waals surface area contributed by atoms with Crippen molar-refractivity contribution in [1.29, 1.82) is 0 Å². The Hall–Kier alpha value is -0.770. The Balaban J connectivity index is 1.57. The van der Waals surface area contributed by atoms with Gasteiger partial charge in [0, 0.05) is 5.38 Å². The van der Waals surface area contributed by atoms with E-state index < -0.39 is 5.97 Å². The van der Waals surface area contributed by atoms with E-state index in [1.807, 2.05) is 0 Å². The van der Waals surface area contributed by atoms with Crippen molar-refractivity contribution < 1.29 is 9.90 Å². The average Bonchev–Trinajstić information content (AvgIpc) is 3.09. The average molecular weight is 303 g/mol. The normalized spacial score (nSPS) is 32.6. The molecule has 0 aromatic carbocycles. The molecule has 21 heavy (non-hydrogen) atoms. The molecule has 1 saturated carbocycles. The zero-order chi connectivity index (χ0) is 14.8. The molecule has 0 radical (unpaired) electrons. The van der Waals surface area contributed by atoms with Crippen LogP contribution in [0.2, 0.25) is 17.5 Å². The third-order valence-electron chi connectivity index (χ3n) is 5.41. The van der Waals surface area contributed by atoms with E-state index in [1.165, 1.54) is 57.1 Å². The first-order chi connectivity index (χ1) is 10.1. The molecule has 0 bridgehead atoms. The van der Waals surface area contributed by atoms with Gasteiger partial charge in [-0.1, -0.05) is 62.9 Å². The third-order valence-corrected chi connectivity index (χ3v) is 6.28. The minimum absolute atomic E-state index is 0.214. The van der Waals surface area contributed by atoms with Gasteiger partial charge in [0.1, 0.15) is 7.28 Å². The number of rotatable bonds is 3. The van der Waals surface area contributed by atoms with Crippen LogP contribution in [-0.2, 0) is 0 Å². The smallest absolute Gasteiger partial charge is 0.355 e. The number of carboxylic acid groups (broad SMARTS) is 1. The molecule has 1 N–H and O–H groups in total. The van der Waals surface area contributed by atoms with Crippen LogP contribution >= 0.6 is 11.3 Å². The quantitative estimate of drug-likeness (QED) is 0.874. The summed E-state index contributed by atoms with van der Waals surface area (Å²) in [5.41, 5.74) is 0.214. The van der Waals surface area contributed by atoms with Crippen molar-refractivity contribution in [3.05, 3.63) is 11.1 Å². The predicted molar refractivity (Wildman–Crippen MR) is 91.1 cm³/mol. The fourth-order valence-electron chi connectivity index (χ4n) is 3.96. The van der Waals surface area contributed by atoms with E-state index in [1.54, 1.807) is 5.38 Å². The van der Waals surface area contributed by atoms with E-state index >= 15 is 0 Å². The number of carbonyl (C=O) groups is 1.